The van der Waals surface area contributed by atoms with Crippen molar-refractivity contribution in [1.29, 1.82) is 0 Å². The maximum Gasteiger partial charge on any atom is 0.270 e. The predicted octanol–water partition coefficient (Wildman–Crippen LogP) is 5.33. The number of rotatable bonds is 3. The number of aryl methyl sites for hydroxylation is 3. The Morgan fingerprint density at radius 2 is 1.67 bits per heavy atom. The molecule has 0 saturated carbocycles. The zero-order valence-corrected chi connectivity index (χ0v) is 20.1. The summed E-state index contributed by atoms with van der Waals surface area (Å²) in [5, 5.41) is 2.29. The van der Waals surface area contributed by atoms with Gasteiger partial charge in [-0.25, -0.2) is 4.39 Å². The molecule has 0 bridgehead atoms. The zero-order valence-electron chi connectivity index (χ0n) is 18.5. The van der Waals surface area contributed by atoms with Crippen molar-refractivity contribution in [2.45, 2.75) is 27.7 Å². The Balaban J connectivity index is 1.77. The fourth-order valence-corrected chi connectivity index (χ4v) is 4.32. The summed E-state index contributed by atoms with van der Waals surface area (Å²) in [5.74, 6) is -1.82. The van der Waals surface area contributed by atoms with Gasteiger partial charge in [-0.15, -0.1) is 0 Å². The number of carbonyl (C=O) groups is 2. The Morgan fingerprint density at radius 1 is 0.970 bits per heavy atom. The van der Waals surface area contributed by atoms with Crippen LogP contribution in [0.2, 0.25) is 5.02 Å². The maximum atomic E-state index is 13.6. The van der Waals surface area contributed by atoms with Crippen molar-refractivity contribution in [1.82, 2.24) is 9.88 Å². The Kier molecular flexibility index (Phi) is 5.95. The van der Waals surface area contributed by atoms with Crippen molar-refractivity contribution >= 4 is 52.5 Å². The standard InChI is InChI=1S/C25H21ClFN3O2S/c1-13-5-6-18(9-14(13)2)29-15(3)10-17(16(29)4)11-20-23(31)28-25(33)30(24(20)32)19-7-8-22(27)21(26)12-19/h5-12H,1-4H3,(H,28,31,33)/b20-11+. The molecule has 2 amide bonds. The van der Waals surface area contributed by atoms with Crippen LogP contribution in [0.4, 0.5) is 10.1 Å². The molecule has 1 aliphatic rings. The molecule has 8 heteroatoms. The molecule has 3 aromatic rings. The van der Waals surface area contributed by atoms with E-state index in [-0.39, 0.29) is 21.4 Å². The lowest BCUT2D eigenvalue weighted by Gasteiger charge is -2.29. The third-order valence-corrected chi connectivity index (χ3v) is 6.36. The fourth-order valence-electron chi connectivity index (χ4n) is 3.87. The zero-order chi connectivity index (χ0) is 24.0. The van der Waals surface area contributed by atoms with E-state index in [1.807, 2.05) is 26.0 Å². The minimum Gasteiger partial charge on any atom is -0.318 e. The van der Waals surface area contributed by atoms with Gasteiger partial charge in [0.1, 0.15) is 11.4 Å². The number of benzene rings is 2. The van der Waals surface area contributed by atoms with Gasteiger partial charge in [-0.2, -0.15) is 0 Å². The molecule has 2 heterocycles. The third-order valence-electron chi connectivity index (χ3n) is 5.78. The van der Waals surface area contributed by atoms with E-state index in [9.17, 15) is 14.0 Å². The molecule has 0 radical (unpaired) electrons. The van der Waals surface area contributed by atoms with Crippen LogP contribution in [-0.4, -0.2) is 21.5 Å². The Morgan fingerprint density at radius 3 is 2.33 bits per heavy atom. The molecular formula is C25H21ClFN3O2S. The van der Waals surface area contributed by atoms with E-state index in [1.165, 1.54) is 23.3 Å². The molecule has 1 fully saturated rings. The van der Waals surface area contributed by atoms with Gasteiger partial charge in [0.25, 0.3) is 11.8 Å². The highest BCUT2D eigenvalue weighted by atomic mass is 35.5. The SMILES string of the molecule is Cc1ccc(-n2c(C)cc(/C=C3\C(=O)NC(=S)N(c4ccc(F)c(Cl)c4)C3=O)c2C)cc1C. The number of anilines is 1. The second-order valence-electron chi connectivity index (χ2n) is 7.99. The first-order valence-corrected chi connectivity index (χ1v) is 11.0. The van der Waals surface area contributed by atoms with Crippen molar-refractivity contribution < 1.29 is 14.0 Å². The highest BCUT2D eigenvalue weighted by Crippen LogP contribution is 2.28. The number of thiocarbonyl (C=S) groups is 1. The molecule has 0 spiro atoms. The van der Waals surface area contributed by atoms with Crippen LogP contribution in [0.3, 0.4) is 0 Å². The molecule has 0 atom stereocenters. The van der Waals surface area contributed by atoms with Crippen molar-refractivity contribution in [2.75, 3.05) is 4.90 Å². The van der Waals surface area contributed by atoms with E-state index < -0.39 is 17.6 Å². The topological polar surface area (TPSA) is 54.3 Å². The molecule has 5 nitrogen and oxygen atoms in total. The normalized spacial score (nSPS) is 15.4. The van der Waals surface area contributed by atoms with Gasteiger partial charge in [0, 0.05) is 17.1 Å². The first kappa shape index (κ1) is 22.9. The first-order valence-electron chi connectivity index (χ1n) is 10.2. The Bertz CT molecular complexity index is 1380. The number of halogens is 2. The summed E-state index contributed by atoms with van der Waals surface area (Å²) in [6, 6.07) is 11.9. The number of hydrogen-bond acceptors (Lipinski definition) is 3. The van der Waals surface area contributed by atoms with Gasteiger partial charge in [0.2, 0.25) is 0 Å². The minimum atomic E-state index is -0.616. The number of amides is 2. The average Bonchev–Trinajstić information content (AvgIpc) is 3.03. The van der Waals surface area contributed by atoms with E-state index >= 15 is 0 Å². The van der Waals surface area contributed by atoms with Gasteiger partial charge in [-0.3, -0.25) is 19.8 Å². The van der Waals surface area contributed by atoms with Crippen LogP contribution in [0.5, 0.6) is 0 Å². The number of hydrogen-bond donors (Lipinski definition) is 1. The smallest absolute Gasteiger partial charge is 0.270 e. The van der Waals surface area contributed by atoms with Crippen LogP contribution in [-0.2, 0) is 9.59 Å². The number of nitrogens with zero attached hydrogens (tertiary/aromatic N) is 2. The van der Waals surface area contributed by atoms with Crippen molar-refractivity contribution in [2.24, 2.45) is 0 Å². The van der Waals surface area contributed by atoms with Crippen molar-refractivity contribution in [3.8, 4) is 5.69 Å². The lowest BCUT2D eigenvalue weighted by molar-refractivity contribution is -0.122. The van der Waals surface area contributed by atoms with Crippen molar-refractivity contribution in [3.63, 3.8) is 0 Å². The van der Waals surface area contributed by atoms with E-state index in [0.717, 1.165) is 33.6 Å². The van der Waals surface area contributed by atoms with Gasteiger partial charge in [0.05, 0.1) is 10.7 Å². The minimum absolute atomic E-state index is 0.0793. The fraction of sp³-hybridized carbons (Fsp3) is 0.160. The summed E-state index contributed by atoms with van der Waals surface area (Å²) in [6.45, 7) is 8.01. The van der Waals surface area contributed by atoms with Gasteiger partial charge < -0.3 is 4.57 Å². The quantitative estimate of drug-likeness (QED) is 0.312. The second kappa shape index (κ2) is 8.57. The molecular weight excluding hydrogens is 461 g/mol. The second-order valence-corrected chi connectivity index (χ2v) is 8.78. The number of nitrogens with one attached hydrogen (secondary N) is 1. The Labute approximate surface area is 201 Å². The van der Waals surface area contributed by atoms with Gasteiger partial charge in [-0.1, -0.05) is 17.7 Å². The summed E-state index contributed by atoms with van der Waals surface area (Å²) in [7, 11) is 0. The van der Waals surface area contributed by atoms with Crippen LogP contribution < -0.4 is 10.2 Å². The molecule has 1 aliphatic heterocycles. The lowest BCUT2D eigenvalue weighted by atomic mass is 10.1. The third kappa shape index (κ3) is 4.10. The van der Waals surface area contributed by atoms with E-state index in [1.54, 1.807) is 6.08 Å². The highest BCUT2D eigenvalue weighted by Gasteiger charge is 2.35. The highest BCUT2D eigenvalue weighted by molar-refractivity contribution is 7.80. The van der Waals surface area contributed by atoms with Crippen molar-refractivity contribution in [3.05, 3.63) is 87.0 Å². The monoisotopic (exact) mass is 481 g/mol. The summed E-state index contributed by atoms with van der Waals surface area (Å²) in [5.41, 5.74) is 6.13. The number of aromatic nitrogens is 1. The molecule has 1 aromatic heterocycles. The largest absolute Gasteiger partial charge is 0.318 e. The summed E-state index contributed by atoms with van der Waals surface area (Å²) in [4.78, 5) is 27.1. The van der Waals surface area contributed by atoms with Crippen LogP contribution in [0.1, 0.15) is 28.1 Å². The van der Waals surface area contributed by atoms with E-state index in [4.69, 9.17) is 23.8 Å². The van der Waals surface area contributed by atoms with Gasteiger partial charge in [0.15, 0.2) is 5.11 Å². The number of carbonyl (C=O) groups excluding carboxylic acids is 2. The molecule has 1 saturated heterocycles. The molecule has 168 valence electrons. The van der Waals surface area contributed by atoms with Crippen LogP contribution in [0, 0.1) is 33.5 Å². The maximum absolute atomic E-state index is 13.6. The van der Waals surface area contributed by atoms with Gasteiger partial charge in [-0.05, 0) is 99.1 Å². The molecule has 33 heavy (non-hydrogen) atoms. The summed E-state index contributed by atoms with van der Waals surface area (Å²) >= 11 is 11.1. The van der Waals surface area contributed by atoms with Gasteiger partial charge >= 0.3 is 0 Å². The molecule has 2 aromatic carbocycles. The van der Waals surface area contributed by atoms with Crippen LogP contribution in [0.25, 0.3) is 11.8 Å². The first-order chi connectivity index (χ1) is 15.6. The average molecular weight is 482 g/mol. The van der Waals surface area contributed by atoms with Crippen LogP contribution >= 0.6 is 23.8 Å². The summed E-state index contributed by atoms with van der Waals surface area (Å²) in [6.07, 6.45) is 1.55. The Hall–Kier alpha value is -3.29. The molecule has 1 N–H and O–H groups in total. The lowest BCUT2D eigenvalue weighted by Crippen LogP contribution is -2.54. The van der Waals surface area contributed by atoms with E-state index in [2.05, 4.69) is 35.9 Å². The van der Waals surface area contributed by atoms with Crippen LogP contribution in [0.15, 0.2) is 48.0 Å². The molecule has 0 unspecified atom stereocenters. The predicted molar refractivity (Wildman–Crippen MR) is 132 cm³/mol. The molecule has 0 aliphatic carbocycles. The van der Waals surface area contributed by atoms with E-state index in [0.29, 0.717) is 0 Å². The summed E-state index contributed by atoms with van der Waals surface area (Å²) < 4.78 is 15.7. The molecule has 4 rings (SSSR count).